The molecule has 0 aromatic carbocycles. The second-order valence-electron chi connectivity index (χ2n) is 9.63. The SMILES string of the molecule is C[C@]12CC[C@H]3[C@@H](CC(CO)C4=CC(=O)CC[C@@]43C)C1=CC=C2c1cccnc1. The van der Waals surface area contributed by atoms with E-state index in [0.717, 1.165) is 19.3 Å². The predicted molar refractivity (Wildman–Crippen MR) is 110 cm³/mol. The number of aliphatic hydroxyl groups excluding tert-OH is 1. The van der Waals surface area contributed by atoms with Gasteiger partial charge >= 0.3 is 0 Å². The number of nitrogens with zero attached hydrogens (tertiary/aromatic N) is 1. The number of ketones is 1. The lowest BCUT2D eigenvalue weighted by Crippen LogP contribution is -2.50. The smallest absolute Gasteiger partial charge is 0.155 e. The van der Waals surface area contributed by atoms with Crippen LogP contribution in [-0.2, 0) is 4.79 Å². The quantitative estimate of drug-likeness (QED) is 0.812. The van der Waals surface area contributed by atoms with E-state index < -0.39 is 0 Å². The second kappa shape index (κ2) is 6.25. The third kappa shape index (κ3) is 2.38. The van der Waals surface area contributed by atoms with Crippen molar-refractivity contribution in [2.75, 3.05) is 6.61 Å². The van der Waals surface area contributed by atoms with E-state index in [1.807, 2.05) is 24.5 Å². The molecule has 3 heteroatoms. The normalized spacial score (nSPS) is 39.3. The molecule has 0 saturated heterocycles. The summed E-state index contributed by atoms with van der Waals surface area (Å²) in [5, 5.41) is 10.2. The second-order valence-corrected chi connectivity index (χ2v) is 9.63. The first kappa shape index (κ1) is 18.1. The number of allylic oxidation sites excluding steroid dienone is 5. The van der Waals surface area contributed by atoms with Crippen molar-refractivity contribution < 1.29 is 9.90 Å². The first-order valence-corrected chi connectivity index (χ1v) is 10.7. The van der Waals surface area contributed by atoms with Crippen LogP contribution in [0.5, 0.6) is 0 Å². The molecular formula is C25H29NO2. The summed E-state index contributed by atoms with van der Waals surface area (Å²) in [5.74, 6) is 1.40. The Kier molecular flexibility index (Phi) is 4.03. The standard InChI is InChI=1S/C25H29NO2/c1-24-10-8-22-19(21(24)6-5-20(24)16-4-3-11-26-14-16)12-17(15-27)23-13-18(28)7-9-25(22,23)2/h3-6,11,13-14,17,19,22,27H,7-10,12,15H2,1-2H3/t17?,19-,22-,24+,25+/m0/s1. The summed E-state index contributed by atoms with van der Waals surface area (Å²) in [5.41, 5.74) is 5.49. The van der Waals surface area contributed by atoms with Crippen LogP contribution in [0, 0.1) is 28.6 Å². The van der Waals surface area contributed by atoms with E-state index in [4.69, 9.17) is 0 Å². The maximum Gasteiger partial charge on any atom is 0.155 e. The van der Waals surface area contributed by atoms with Gasteiger partial charge in [-0.2, -0.15) is 0 Å². The Morgan fingerprint density at radius 2 is 2.07 bits per heavy atom. The minimum absolute atomic E-state index is 0.0451. The molecule has 1 N–H and O–H groups in total. The highest BCUT2D eigenvalue weighted by molar-refractivity contribution is 5.91. The van der Waals surface area contributed by atoms with Crippen LogP contribution in [0.15, 0.2) is 53.9 Å². The van der Waals surface area contributed by atoms with E-state index in [-0.39, 0.29) is 29.1 Å². The zero-order valence-corrected chi connectivity index (χ0v) is 16.8. The van der Waals surface area contributed by atoms with Crippen molar-refractivity contribution in [3.63, 3.8) is 0 Å². The minimum Gasteiger partial charge on any atom is -0.396 e. The van der Waals surface area contributed by atoms with Crippen LogP contribution in [0.25, 0.3) is 5.57 Å². The Morgan fingerprint density at radius 3 is 2.82 bits per heavy atom. The average Bonchev–Trinajstić information content (AvgIpc) is 3.06. The molecule has 0 bridgehead atoms. The van der Waals surface area contributed by atoms with Gasteiger partial charge < -0.3 is 5.11 Å². The van der Waals surface area contributed by atoms with Gasteiger partial charge in [0.15, 0.2) is 5.78 Å². The van der Waals surface area contributed by atoms with Crippen molar-refractivity contribution in [3.8, 4) is 0 Å². The molecule has 1 unspecified atom stereocenters. The topological polar surface area (TPSA) is 50.2 Å². The van der Waals surface area contributed by atoms with Gasteiger partial charge in [-0.1, -0.05) is 43.2 Å². The van der Waals surface area contributed by atoms with Crippen molar-refractivity contribution >= 4 is 11.4 Å². The molecule has 4 aliphatic carbocycles. The lowest BCUT2D eigenvalue weighted by molar-refractivity contribution is -0.116. The average molecular weight is 376 g/mol. The van der Waals surface area contributed by atoms with Gasteiger partial charge in [-0.3, -0.25) is 9.78 Å². The number of aliphatic hydroxyl groups is 1. The molecule has 3 nitrogen and oxygen atoms in total. The number of aromatic nitrogens is 1. The number of hydrogen-bond acceptors (Lipinski definition) is 3. The van der Waals surface area contributed by atoms with Crippen LogP contribution < -0.4 is 0 Å². The first-order valence-electron chi connectivity index (χ1n) is 10.7. The fraction of sp³-hybridized carbons (Fsp3) is 0.520. The summed E-state index contributed by atoms with van der Waals surface area (Å²) in [6.07, 6.45) is 15.2. The van der Waals surface area contributed by atoms with E-state index in [1.54, 1.807) is 5.57 Å². The number of carbonyl (C=O) groups excluding carboxylic acids is 1. The molecule has 5 atom stereocenters. The van der Waals surface area contributed by atoms with Crippen molar-refractivity contribution in [2.45, 2.75) is 46.0 Å². The van der Waals surface area contributed by atoms with Crippen molar-refractivity contribution in [3.05, 3.63) is 59.5 Å². The van der Waals surface area contributed by atoms with Gasteiger partial charge in [0.2, 0.25) is 0 Å². The van der Waals surface area contributed by atoms with Gasteiger partial charge in [-0.15, -0.1) is 0 Å². The van der Waals surface area contributed by atoms with Gasteiger partial charge in [0, 0.05) is 36.8 Å². The number of fused-ring (bicyclic) bond motifs is 5. The Hall–Kier alpha value is -2.00. The largest absolute Gasteiger partial charge is 0.396 e. The molecule has 146 valence electrons. The maximum absolute atomic E-state index is 12.1. The van der Waals surface area contributed by atoms with Gasteiger partial charge in [-0.05, 0) is 66.2 Å². The lowest BCUT2D eigenvalue weighted by Gasteiger charge is -2.58. The molecule has 4 aliphatic rings. The molecule has 2 fully saturated rings. The number of carbonyl (C=O) groups is 1. The van der Waals surface area contributed by atoms with Crippen molar-refractivity contribution in [2.24, 2.45) is 28.6 Å². The Labute approximate surface area is 167 Å². The van der Waals surface area contributed by atoms with E-state index in [2.05, 4.69) is 37.0 Å². The van der Waals surface area contributed by atoms with Crippen LogP contribution in [0.1, 0.15) is 51.5 Å². The van der Waals surface area contributed by atoms with Crippen molar-refractivity contribution in [1.29, 1.82) is 0 Å². The summed E-state index contributed by atoms with van der Waals surface area (Å²) in [4.78, 5) is 16.5. The summed E-state index contributed by atoms with van der Waals surface area (Å²) in [6.45, 7) is 4.90. The molecule has 0 amide bonds. The summed E-state index contributed by atoms with van der Waals surface area (Å²) in [7, 11) is 0. The van der Waals surface area contributed by atoms with Crippen LogP contribution in [0.4, 0.5) is 0 Å². The molecule has 1 aromatic heterocycles. The van der Waals surface area contributed by atoms with Gasteiger partial charge in [0.25, 0.3) is 0 Å². The highest BCUT2D eigenvalue weighted by atomic mass is 16.3. The van der Waals surface area contributed by atoms with E-state index in [1.165, 1.54) is 23.1 Å². The van der Waals surface area contributed by atoms with Gasteiger partial charge in [0.05, 0.1) is 0 Å². The van der Waals surface area contributed by atoms with E-state index in [9.17, 15) is 9.90 Å². The fourth-order valence-corrected chi connectivity index (χ4v) is 6.89. The van der Waals surface area contributed by atoms with Crippen LogP contribution >= 0.6 is 0 Å². The Morgan fingerprint density at radius 1 is 1.21 bits per heavy atom. The Bertz CT molecular complexity index is 912. The zero-order chi connectivity index (χ0) is 19.5. The number of pyridine rings is 1. The molecule has 1 heterocycles. The summed E-state index contributed by atoms with van der Waals surface area (Å²) in [6, 6.07) is 4.18. The number of rotatable bonds is 2. The van der Waals surface area contributed by atoms with E-state index in [0.29, 0.717) is 18.3 Å². The highest BCUT2D eigenvalue weighted by Crippen LogP contribution is 2.66. The minimum atomic E-state index is 0.0451. The zero-order valence-electron chi connectivity index (χ0n) is 16.8. The molecule has 28 heavy (non-hydrogen) atoms. The molecule has 0 aliphatic heterocycles. The van der Waals surface area contributed by atoms with Crippen LogP contribution in [0.3, 0.4) is 0 Å². The van der Waals surface area contributed by atoms with Crippen LogP contribution in [0.2, 0.25) is 0 Å². The summed E-state index contributed by atoms with van der Waals surface area (Å²) >= 11 is 0. The van der Waals surface area contributed by atoms with Crippen molar-refractivity contribution in [1.82, 2.24) is 4.98 Å². The molecule has 0 radical (unpaired) electrons. The van der Waals surface area contributed by atoms with Crippen LogP contribution in [-0.4, -0.2) is 22.5 Å². The third-order valence-corrected chi connectivity index (χ3v) is 8.36. The summed E-state index contributed by atoms with van der Waals surface area (Å²) < 4.78 is 0. The highest BCUT2D eigenvalue weighted by Gasteiger charge is 2.56. The predicted octanol–water partition coefficient (Wildman–Crippen LogP) is 4.75. The first-order chi connectivity index (χ1) is 13.5. The van der Waals surface area contributed by atoms with E-state index >= 15 is 0 Å². The molecule has 5 rings (SSSR count). The molecule has 2 saturated carbocycles. The maximum atomic E-state index is 12.1. The number of hydrogen-bond donors (Lipinski definition) is 1. The lowest BCUT2D eigenvalue weighted by atomic mass is 9.46. The fourth-order valence-electron chi connectivity index (χ4n) is 6.89. The third-order valence-electron chi connectivity index (χ3n) is 8.36. The van der Waals surface area contributed by atoms with Gasteiger partial charge in [-0.25, -0.2) is 0 Å². The van der Waals surface area contributed by atoms with Gasteiger partial charge in [0.1, 0.15) is 0 Å². The molecular weight excluding hydrogens is 346 g/mol. The Balaban J connectivity index is 1.53. The monoisotopic (exact) mass is 375 g/mol. The molecule has 1 aromatic rings. The molecule has 0 spiro atoms.